The van der Waals surface area contributed by atoms with Crippen LogP contribution >= 0.6 is 0 Å². The number of rotatable bonds is 2. The van der Waals surface area contributed by atoms with Crippen LogP contribution in [0.2, 0.25) is 0 Å². The van der Waals surface area contributed by atoms with Crippen LogP contribution in [0.3, 0.4) is 0 Å². The van der Waals surface area contributed by atoms with Crippen molar-refractivity contribution in [3.63, 3.8) is 0 Å². The van der Waals surface area contributed by atoms with E-state index < -0.39 is 13.2 Å². The number of carbonyl (C=O) groups is 1. The summed E-state index contributed by atoms with van der Waals surface area (Å²) in [5, 5.41) is 9.46. The predicted octanol–water partition coefficient (Wildman–Crippen LogP) is 2.43. The van der Waals surface area contributed by atoms with Gasteiger partial charge >= 0.3 is 13.2 Å². The van der Waals surface area contributed by atoms with Gasteiger partial charge in [0.05, 0.1) is 30.0 Å². The molecule has 3 rings (SSSR count). The van der Waals surface area contributed by atoms with Gasteiger partial charge < -0.3 is 19.2 Å². The summed E-state index contributed by atoms with van der Waals surface area (Å²) in [4.78, 5) is 13.0. The summed E-state index contributed by atoms with van der Waals surface area (Å²) in [7, 11) is -0.422. The molecule has 0 aliphatic carbocycles. The zero-order valence-electron chi connectivity index (χ0n) is 15.5. The molecule has 1 aromatic rings. The fourth-order valence-electron chi connectivity index (χ4n) is 3.32. The highest BCUT2D eigenvalue weighted by atomic mass is 16.7. The Balaban J connectivity index is 1.82. The van der Waals surface area contributed by atoms with Crippen LogP contribution in [0.25, 0.3) is 0 Å². The zero-order chi connectivity index (χ0) is 18.4. The zero-order valence-corrected chi connectivity index (χ0v) is 15.5. The molecule has 0 unspecified atom stereocenters. The molecule has 0 bridgehead atoms. The van der Waals surface area contributed by atoms with Gasteiger partial charge in [0.25, 0.3) is 0 Å². The maximum absolute atomic E-state index is 11.5. The lowest BCUT2D eigenvalue weighted by molar-refractivity contribution is -0.0532. The van der Waals surface area contributed by atoms with Gasteiger partial charge in [0.2, 0.25) is 0 Å². The van der Waals surface area contributed by atoms with Crippen molar-refractivity contribution < 1.29 is 23.9 Å². The third-order valence-corrected chi connectivity index (χ3v) is 5.54. The number of hydrogen-bond acceptors (Lipinski definition) is 4. The van der Waals surface area contributed by atoms with Crippen LogP contribution in [-0.2, 0) is 14.0 Å². The molecular formula is C18H26BNO5. The molecule has 2 aliphatic heterocycles. The Kier molecular flexibility index (Phi) is 4.60. The third kappa shape index (κ3) is 3.28. The average Bonchev–Trinajstić information content (AvgIpc) is 2.75. The molecule has 1 amide bonds. The van der Waals surface area contributed by atoms with Gasteiger partial charge in [0.15, 0.2) is 0 Å². The first kappa shape index (κ1) is 18.2. The van der Waals surface area contributed by atoms with Gasteiger partial charge in [-0.15, -0.1) is 0 Å². The Morgan fingerprint density at radius 1 is 1.16 bits per heavy atom. The molecule has 6 nitrogen and oxygen atoms in total. The van der Waals surface area contributed by atoms with Crippen LogP contribution in [0.4, 0.5) is 4.79 Å². The normalized spacial score (nSPS) is 28.2. The van der Waals surface area contributed by atoms with Crippen LogP contribution in [0.1, 0.15) is 46.2 Å². The molecule has 2 atom stereocenters. The van der Waals surface area contributed by atoms with Gasteiger partial charge in [-0.25, -0.2) is 4.79 Å². The lowest BCUT2D eigenvalue weighted by Crippen LogP contribution is -2.46. The molecule has 0 radical (unpaired) electrons. The van der Waals surface area contributed by atoms with Crippen LogP contribution in [0.15, 0.2) is 24.3 Å². The van der Waals surface area contributed by atoms with E-state index in [-0.39, 0.29) is 23.3 Å². The second-order valence-electron chi connectivity index (χ2n) is 7.75. The number of ether oxygens (including phenoxy) is 1. The first-order valence-electron chi connectivity index (χ1n) is 8.69. The second kappa shape index (κ2) is 6.30. The Hall–Kier alpha value is -1.57. The minimum Gasteiger partial charge on any atom is -0.465 e. The van der Waals surface area contributed by atoms with Crippen molar-refractivity contribution in [2.24, 2.45) is 0 Å². The molecule has 2 saturated heterocycles. The topological polar surface area (TPSA) is 68.2 Å². The fourth-order valence-corrected chi connectivity index (χ4v) is 3.32. The molecule has 0 spiro atoms. The summed E-state index contributed by atoms with van der Waals surface area (Å²) in [5.41, 5.74) is 1.06. The highest BCUT2D eigenvalue weighted by molar-refractivity contribution is 6.62. The van der Waals surface area contributed by atoms with E-state index in [4.69, 9.17) is 14.0 Å². The maximum Gasteiger partial charge on any atom is 0.494 e. The molecule has 2 heterocycles. The molecule has 1 N–H and O–H groups in total. The van der Waals surface area contributed by atoms with E-state index in [0.29, 0.717) is 13.2 Å². The first-order chi connectivity index (χ1) is 11.6. The predicted molar refractivity (Wildman–Crippen MR) is 95.0 cm³/mol. The average molecular weight is 347 g/mol. The van der Waals surface area contributed by atoms with Crippen molar-refractivity contribution >= 4 is 18.7 Å². The number of amides is 1. The standard InChI is InChI=1S/C18H26BNO5/c1-12-15(20(16(21)22)10-11-23-12)13-6-8-14(9-7-13)19-24-17(2,3)18(4,5)25-19/h6-9,12,15H,10-11H2,1-5H3,(H,21,22)/t12-,15+/m0/s1. The van der Waals surface area contributed by atoms with Crippen molar-refractivity contribution in [1.82, 2.24) is 4.90 Å². The summed E-state index contributed by atoms with van der Waals surface area (Å²) in [5.74, 6) is 0. The molecule has 2 fully saturated rings. The van der Waals surface area contributed by atoms with Gasteiger partial charge in [-0.3, -0.25) is 4.90 Å². The maximum atomic E-state index is 11.5. The van der Waals surface area contributed by atoms with E-state index in [9.17, 15) is 9.90 Å². The minimum atomic E-state index is -0.921. The molecule has 1 aromatic carbocycles. The van der Waals surface area contributed by atoms with Crippen LogP contribution in [0.5, 0.6) is 0 Å². The van der Waals surface area contributed by atoms with E-state index in [0.717, 1.165) is 11.0 Å². The number of hydrogen-bond donors (Lipinski definition) is 1. The van der Waals surface area contributed by atoms with Crippen molar-refractivity contribution in [3.8, 4) is 0 Å². The van der Waals surface area contributed by atoms with Crippen LogP contribution in [0, 0.1) is 0 Å². The molecule has 2 aliphatic rings. The monoisotopic (exact) mass is 347 g/mol. The largest absolute Gasteiger partial charge is 0.494 e. The first-order valence-corrected chi connectivity index (χ1v) is 8.69. The lowest BCUT2D eigenvalue weighted by Gasteiger charge is -2.38. The van der Waals surface area contributed by atoms with Gasteiger partial charge in [-0.1, -0.05) is 24.3 Å². The molecule has 0 saturated carbocycles. The molecule has 0 aromatic heterocycles. The highest BCUT2D eigenvalue weighted by Gasteiger charge is 2.51. The van der Waals surface area contributed by atoms with E-state index in [2.05, 4.69) is 0 Å². The van der Waals surface area contributed by atoms with E-state index in [1.165, 1.54) is 4.90 Å². The van der Waals surface area contributed by atoms with Gasteiger partial charge in [-0.2, -0.15) is 0 Å². The number of nitrogens with zero attached hydrogens (tertiary/aromatic N) is 1. The molecule has 7 heteroatoms. The summed E-state index contributed by atoms with van der Waals surface area (Å²) in [6, 6.07) is 7.45. The Labute approximate surface area is 149 Å². The summed E-state index contributed by atoms with van der Waals surface area (Å²) < 4.78 is 17.8. The van der Waals surface area contributed by atoms with Gasteiger partial charge in [0, 0.05) is 6.54 Å². The molecule has 25 heavy (non-hydrogen) atoms. The van der Waals surface area contributed by atoms with Crippen molar-refractivity contribution in [2.75, 3.05) is 13.2 Å². The smallest absolute Gasteiger partial charge is 0.465 e. The van der Waals surface area contributed by atoms with Crippen molar-refractivity contribution in [1.29, 1.82) is 0 Å². The van der Waals surface area contributed by atoms with Gasteiger partial charge in [-0.05, 0) is 45.6 Å². The Morgan fingerprint density at radius 3 is 2.24 bits per heavy atom. The number of morpholine rings is 1. The fraction of sp³-hybridized carbons (Fsp3) is 0.611. The molecular weight excluding hydrogens is 321 g/mol. The summed E-state index contributed by atoms with van der Waals surface area (Å²) in [6.45, 7) is 10.8. The summed E-state index contributed by atoms with van der Waals surface area (Å²) >= 11 is 0. The SMILES string of the molecule is C[C@@H]1OCCN(C(=O)O)[C@H]1c1ccc(B2OC(C)(C)C(C)(C)O2)cc1. The van der Waals surface area contributed by atoms with Crippen LogP contribution < -0.4 is 5.46 Å². The van der Waals surface area contributed by atoms with E-state index >= 15 is 0 Å². The summed E-state index contributed by atoms with van der Waals surface area (Å²) in [6.07, 6.45) is -1.11. The number of benzene rings is 1. The van der Waals surface area contributed by atoms with Gasteiger partial charge in [0.1, 0.15) is 0 Å². The minimum absolute atomic E-state index is 0.187. The lowest BCUT2D eigenvalue weighted by atomic mass is 9.78. The number of carboxylic acid groups (broad SMARTS) is 1. The van der Waals surface area contributed by atoms with Crippen molar-refractivity contribution in [3.05, 3.63) is 29.8 Å². The van der Waals surface area contributed by atoms with Crippen molar-refractivity contribution in [2.45, 2.75) is 58.0 Å². The third-order valence-electron chi connectivity index (χ3n) is 5.54. The van der Waals surface area contributed by atoms with E-state index in [1.807, 2.05) is 58.9 Å². The molecule has 136 valence electrons. The van der Waals surface area contributed by atoms with E-state index in [1.54, 1.807) is 0 Å². The highest BCUT2D eigenvalue weighted by Crippen LogP contribution is 2.36. The quantitative estimate of drug-likeness (QED) is 0.833. The Bertz CT molecular complexity index is 629. The second-order valence-corrected chi connectivity index (χ2v) is 7.75. The van der Waals surface area contributed by atoms with Crippen LogP contribution in [-0.4, -0.2) is 53.7 Å². The Morgan fingerprint density at radius 2 is 1.72 bits per heavy atom.